The van der Waals surface area contributed by atoms with Gasteiger partial charge in [-0.2, -0.15) is 0 Å². The van der Waals surface area contributed by atoms with Crippen LogP contribution in [0.3, 0.4) is 0 Å². The van der Waals surface area contributed by atoms with Crippen molar-refractivity contribution in [3.05, 3.63) is 63.9 Å². The van der Waals surface area contributed by atoms with Crippen molar-refractivity contribution in [3.8, 4) is 0 Å². The van der Waals surface area contributed by atoms with E-state index in [2.05, 4.69) is 16.7 Å². The highest BCUT2D eigenvalue weighted by Gasteiger charge is 2.18. The van der Waals surface area contributed by atoms with Crippen LogP contribution in [0.4, 0.5) is 10.1 Å². The molecule has 1 unspecified atom stereocenters. The van der Waals surface area contributed by atoms with Gasteiger partial charge in [-0.3, -0.25) is 0 Å². The van der Waals surface area contributed by atoms with Gasteiger partial charge in [0, 0.05) is 5.56 Å². The van der Waals surface area contributed by atoms with Crippen LogP contribution in [0.1, 0.15) is 29.7 Å². The smallest absolute Gasteiger partial charge is 0.128 e. The molecular weight excluding hydrogens is 299 g/mol. The summed E-state index contributed by atoms with van der Waals surface area (Å²) in [6.07, 6.45) is 1.93. The Morgan fingerprint density at radius 1 is 1.14 bits per heavy atom. The van der Waals surface area contributed by atoms with Crippen LogP contribution in [-0.2, 0) is 12.8 Å². The van der Waals surface area contributed by atoms with Crippen molar-refractivity contribution in [3.63, 3.8) is 0 Å². The molecule has 0 fully saturated rings. The Morgan fingerprint density at radius 3 is 2.73 bits per heavy atom. The van der Waals surface area contributed by atoms with Crippen LogP contribution in [0.25, 0.3) is 0 Å². The van der Waals surface area contributed by atoms with E-state index in [0.29, 0.717) is 10.6 Å². The van der Waals surface area contributed by atoms with Crippen LogP contribution in [0.5, 0.6) is 0 Å². The fourth-order valence-corrected chi connectivity index (χ4v) is 3.25. The van der Waals surface area contributed by atoms with Crippen molar-refractivity contribution in [2.75, 3.05) is 18.4 Å². The van der Waals surface area contributed by atoms with E-state index in [9.17, 15) is 4.39 Å². The lowest BCUT2D eigenvalue weighted by Crippen LogP contribution is -2.16. The molecule has 1 heterocycles. The summed E-state index contributed by atoms with van der Waals surface area (Å²) in [6, 6.07) is 10.8. The zero-order chi connectivity index (χ0) is 15.5. The van der Waals surface area contributed by atoms with E-state index in [1.54, 1.807) is 6.07 Å². The van der Waals surface area contributed by atoms with E-state index >= 15 is 0 Å². The number of benzene rings is 2. The van der Waals surface area contributed by atoms with Gasteiger partial charge in [0.15, 0.2) is 0 Å². The Balaban J connectivity index is 1.93. The van der Waals surface area contributed by atoms with Crippen molar-refractivity contribution in [1.29, 1.82) is 0 Å². The number of nitrogens with one attached hydrogen (secondary N) is 2. The Bertz CT molecular complexity index is 672. The molecule has 22 heavy (non-hydrogen) atoms. The number of hydrogen-bond donors (Lipinski definition) is 2. The maximum atomic E-state index is 14.0. The van der Waals surface area contributed by atoms with Gasteiger partial charge >= 0.3 is 0 Å². The molecule has 0 spiro atoms. The van der Waals surface area contributed by atoms with Crippen LogP contribution in [-0.4, -0.2) is 13.1 Å². The first-order chi connectivity index (χ1) is 10.7. The molecule has 0 amide bonds. The van der Waals surface area contributed by atoms with E-state index in [1.807, 2.05) is 25.1 Å². The third kappa shape index (κ3) is 3.11. The lowest BCUT2D eigenvalue weighted by molar-refractivity contribution is 0.600. The Morgan fingerprint density at radius 2 is 1.91 bits per heavy atom. The normalized spacial score (nSPS) is 15.8. The molecule has 4 heteroatoms. The second kappa shape index (κ2) is 6.67. The second-order valence-corrected chi connectivity index (χ2v) is 6.10. The van der Waals surface area contributed by atoms with E-state index in [-0.39, 0.29) is 11.9 Å². The highest BCUT2D eigenvalue weighted by molar-refractivity contribution is 6.33. The summed E-state index contributed by atoms with van der Waals surface area (Å²) in [7, 11) is 0. The molecule has 1 aliphatic heterocycles. The summed E-state index contributed by atoms with van der Waals surface area (Å²) in [5, 5.41) is 7.53. The summed E-state index contributed by atoms with van der Waals surface area (Å²) < 4.78 is 14.0. The van der Waals surface area contributed by atoms with Gasteiger partial charge in [0.2, 0.25) is 0 Å². The Kier molecular flexibility index (Phi) is 4.65. The zero-order valence-corrected chi connectivity index (χ0v) is 13.4. The molecule has 0 aliphatic carbocycles. The minimum absolute atomic E-state index is 0.138. The fraction of sp³-hybridized carbons (Fsp3) is 0.333. The summed E-state index contributed by atoms with van der Waals surface area (Å²) in [6.45, 7) is 3.89. The van der Waals surface area contributed by atoms with Crippen molar-refractivity contribution >= 4 is 17.3 Å². The summed E-state index contributed by atoms with van der Waals surface area (Å²) in [4.78, 5) is 0. The van der Waals surface area contributed by atoms with E-state index in [1.165, 1.54) is 17.2 Å². The molecule has 1 atom stereocenters. The number of anilines is 1. The third-order valence-corrected chi connectivity index (χ3v) is 4.53. The highest BCUT2D eigenvalue weighted by Crippen LogP contribution is 2.33. The molecule has 0 aromatic heterocycles. The van der Waals surface area contributed by atoms with Crippen LogP contribution in [0.2, 0.25) is 5.02 Å². The molecule has 0 bridgehead atoms. The van der Waals surface area contributed by atoms with Crippen molar-refractivity contribution in [2.24, 2.45) is 0 Å². The summed E-state index contributed by atoms with van der Waals surface area (Å²) in [5.74, 6) is -0.192. The minimum atomic E-state index is -0.192. The molecule has 2 nitrogen and oxygen atoms in total. The van der Waals surface area contributed by atoms with Crippen LogP contribution in [0, 0.1) is 5.82 Å². The molecule has 116 valence electrons. The monoisotopic (exact) mass is 318 g/mol. The number of fused-ring (bicyclic) bond motifs is 1. The number of hydrogen-bond acceptors (Lipinski definition) is 2. The molecule has 2 N–H and O–H groups in total. The maximum Gasteiger partial charge on any atom is 0.128 e. The predicted molar refractivity (Wildman–Crippen MR) is 90.2 cm³/mol. The van der Waals surface area contributed by atoms with Crippen LogP contribution >= 0.6 is 11.6 Å². The first kappa shape index (κ1) is 15.3. The van der Waals surface area contributed by atoms with Gasteiger partial charge in [-0.05, 0) is 56.1 Å². The highest BCUT2D eigenvalue weighted by atomic mass is 35.5. The first-order valence-corrected chi connectivity index (χ1v) is 8.06. The molecule has 0 radical (unpaired) electrons. The summed E-state index contributed by atoms with van der Waals surface area (Å²) >= 11 is 6.41. The molecule has 0 saturated carbocycles. The van der Waals surface area contributed by atoms with Crippen molar-refractivity contribution in [2.45, 2.75) is 25.8 Å². The molecule has 2 aromatic rings. The minimum Gasteiger partial charge on any atom is -0.377 e. The van der Waals surface area contributed by atoms with Crippen molar-refractivity contribution in [1.82, 2.24) is 5.32 Å². The van der Waals surface area contributed by atoms with Gasteiger partial charge in [-0.1, -0.05) is 35.9 Å². The van der Waals surface area contributed by atoms with Gasteiger partial charge in [0.1, 0.15) is 5.82 Å². The zero-order valence-electron chi connectivity index (χ0n) is 12.6. The Hall–Kier alpha value is -1.58. The SMILES string of the molecule is CC(Nc1c(Cl)ccc2c1CCNCC2)c1ccccc1F. The summed E-state index contributed by atoms with van der Waals surface area (Å²) in [5.41, 5.74) is 4.17. The van der Waals surface area contributed by atoms with E-state index < -0.39 is 0 Å². The van der Waals surface area contributed by atoms with Gasteiger partial charge < -0.3 is 10.6 Å². The van der Waals surface area contributed by atoms with E-state index in [4.69, 9.17) is 11.6 Å². The predicted octanol–water partition coefficient (Wildman–Crippen LogP) is 4.34. The van der Waals surface area contributed by atoms with Crippen molar-refractivity contribution < 1.29 is 4.39 Å². The average Bonchev–Trinajstić information content (AvgIpc) is 2.76. The molecule has 3 rings (SSSR count). The topological polar surface area (TPSA) is 24.1 Å². The van der Waals surface area contributed by atoms with Gasteiger partial charge in [-0.25, -0.2) is 4.39 Å². The lowest BCUT2D eigenvalue weighted by Gasteiger charge is -2.21. The molecule has 0 saturated heterocycles. The number of rotatable bonds is 3. The molecule has 2 aromatic carbocycles. The number of halogens is 2. The average molecular weight is 319 g/mol. The quantitative estimate of drug-likeness (QED) is 0.879. The van der Waals surface area contributed by atoms with E-state index in [0.717, 1.165) is 31.6 Å². The fourth-order valence-electron chi connectivity index (χ4n) is 3.02. The lowest BCUT2D eigenvalue weighted by atomic mass is 9.99. The Labute approximate surface area is 135 Å². The van der Waals surface area contributed by atoms with Gasteiger partial charge in [-0.15, -0.1) is 0 Å². The van der Waals surface area contributed by atoms with Gasteiger partial charge in [0.25, 0.3) is 0 Å². The molecular formula is C18H20ClFN2. The standard InChI is InChI=1S/C18H20ClFN2/c1-12(14-4-2-3-5-17(14)20)22-18-15-9-11-21-10-8-13(15)6-7-16(18)19/h2-7,12,21-22H,8-11H2,1H3. The maximum absolute atomic E-state index is 14.0. The first-order valence-electron chi connectivity index (χ1n) is 7.68. The third-order valence-electron chi connectivity index (χ3n) is 4.21. The second-order valence-electron chi connectivity index (χ2n) is 5.70. The molecule has 1 aliphatic rings. The largest absolute Gasteiger partial charge is 0.377 e. The van der Waals surface area contributed by atoms with Crippen LogP contribution < -0.4 is 10.6 Å². The van der Waals surface area contributed by atoms with Gasteiger partial charge in [0.05, 0.1) is 16.8 Å². The van der Waals surface area contributed by atoms with Crippen LogP contribution in [0.15, 0.2) is 36.4 Å².